The summed E-state index contributed by atoms with van der Waals surface area (Å²) in [7, 11) is 0. The van der Waals surface area contributed by atoms with Crippen LogP contribution in [-0.2, 0) is 9.53 Å². The minimum Gasteiger partial charge on any atom is -0.466 e. The Hall–Kier alpha value is -1.91. The van der Waals surface area contributed by atoms with Gasteiger partial charge in [-0.15, -0.1) is 0 Å². The fourth-order valence-electron chi connectivity index (χ4n) is 1.72. The van der Waals surface area contributed by atoms with Gasteiger partial charge in [0.05, 0.1) is 6.61 Å². The SMILES string of the molecule is CCOC(=O)CC1(C)Oc2ccc(N)cc2O1. The molecule has 1 aliphatic rings. The zero-order valence-electron chi connectivity index (χ0n) is 9.86. The normalized spacial score (nSPS) is 21.3. The van der Waals surface area contributed by atoms with Crippen LogP contribution in [0.1, 0.15) is 20.3 Å². The molecule has 1 unspecified atom stereocenters. The Bertz CT molecular complexity index is 446. The van der Waals surface area contributed by atoms with Gasteiger partial charge in [-0.25, -0.2) is 0 Å². The van der Waals surface area contributed by atoms with Crippen molar-refractivity contribution >= 4 is 11.7 Å². The molecule has 0 fully saturated rings. The number of carbonyl (C=O) groups excluding carboxylic acids is 1. The van der Waals surface area contributed by atoms with Gasteiger partial charge in [-0.05, 0) is 19.1 Å². The summed E-state index contributed by atoms with van der Waals surface area (Å²) in [6, 6.07) is 5.12. The maximum atomic E-state index is 11.4. The molecule has 0 aliphatic carbocycles. The summed E-state index contributed by atoms with van der Waals surface area (Å²) >= 11 is 0. The molecule has 5 nitrogen and oxygen atoms in total. The van der Waals surface area contributed by atoms with E-state index < -0.39 is 5.79 Å². The van der Waals surface area contributed by atoms with Crippen molar-refractivity contribution < 1.29 is 19.0 Å². The van der Waals surface area contributed by atoms with Crippen molar-refractivity contribution in [1.82, 2.24) is 0 Å². The summed E-state index contributed by atoms with van der Waals surface area (Å²) in [5, 5.41) is 0. The highest BCUT2D eigenvalue weighted by atomic mass is 16.7. The molecule has 1 atom stereocenters. The van der Waals surface area contributed by atoms with Gasteiger partial charge in [-0.1, -0.05) is 0 Å². The monoisotopic (exact) mass is 237 g/mol. The number of esters is 1. The standard InChI is InChI=1S/C12H15NO4/c1-3-15-11(14)7-12(2)16-9-5-4-8(13)6-10(9)17-12/h4-6H,3,7,13H2,1-2H3. The zero-order valence-corrected chi connectivity index (χ0v) is 9.86. The van der Waals surface area contributed by atoms with Crippen LogP contribution in [0.15, 0.2) is 18.2 Å². The second-order valence-corrected chi connectivity index (χ2v) is 4.03. The van der Waals surface area contributed by atoms with Gasteiger partial charge in [-0.3, -0.25) is 4.79 Å². The molecule has 1 aliphatic heterocycles. The molecule has 0 radical (unpaired) electrons. The number of nitrogen functional groups attached to an aromatic ring is 1. The summed E-state index contributed by atoms with van der Waals surface area (Å²) in [5.41, 5.74) is 6.23. The van der Waals surface area contributed by atoms with Crippen molar-refractivity contribution in [1.29, 1.82) is 0 Å². The third-order valence-electron chi connectivity index (χ3n) is 2.39. The van der Waals surface area contributed by atoms with E-state index in [4.69, 9.17) is 19.9 Å². The molecule has 0 bridgehead atoms. The molecular weight excluding hydrogens is 222 g/mol. The van der Waals surface area contributed by atoms with Crippen LogP contribution in [0.4, 0.5) is 5.69 Å². The topological polar surface area (TPSA) is 70.8 Å². The molecule has 1 aromatic rings. The van der Waals surface area contributed by atoms with Crippen LogP contribution in [0.3, 0.4) is 0 Å². The fraction of sp³-hybridized carbons (Fsp3) is 0.417. The third-order valence-corrected chi connectivity index (χ3v) is 2.39. The number of rotatable bonds is 3. The highest BCUT2D eigenvalue weighted by Gasteiger charge is 2.39. The Morgan fingerprint density at radius 3 is 2.82 bits per heavy atom. The maximum Gasteiger partial charge on any atom is 0.313 e. The average molecular weight is 237 g/mol. The van der Waals surface area contributed by atoms with Gasteiger partial charge in [0.2, 0.25) is 0 Å². The van der Waals surface area contributed by atoms with E-state index in [0.29, 0.717) is 23.8 Å². The van der Waals surface area contributed by atoms with Crippen molar-refractivity contribution in [3.8, 4) is 11.5 Å². The van der Waals surface area contributed by atoms with E-state index in [1.807, 2.05) is 0 Å². The highest BCUT2D eigenvalue weighted by molar-refractivity contribution is 5.71. The number of hydrogen-bond acceptors (Lipinski definition) is 5. The molecule has 1 heterocycles. The molecule has 2 N–H and O–H groups in total. The highest BCUT2D eigenvalue weighted by Crippen LogP contribution is 2.41. The molecule has 0 saturated carbocycles. The van der Waals surface area contributed by atoms with Gasteiger partial charge in [-0.2, -0.15) is 0 Å². The molecule has 0 amide bonds. The fourth-order valence-corrected chi connectivity index (χ4v) is 1.72. The largest absolute Gasteiger partial charge is 0.466 e. The first-order valence-corrected chi connectivity index (χ1v) is 5.45. The van der Waals surface area contributed by atoms with Crippen LogP contribution in [0.2, 0.25) is 0 Å². The lowest BCUT2D eigenvalue weighted by Crippen LogP contribution is -2.37. The summed E-state index contributed by atoms with van der Waals surface area (Å²) < 4.78 is 16.0. The van der Waals surface area contributed by atoms with E-state index in [9.17, 15) is 4.79 Å². The maximum absolute atomic E-state index is 11.4. The van der Waals surface area contributed by atoms with Crippen LogP contribution >= 0.6 is 0 Å². The Labute approximate surface area is 99.5 Å². The Morgan fingerprint density at radius 1 is 1.41 bits per heavy atom. The molecule has 1 aromatic carbocycles. The van der Waals surface area contributed by atoms with Gasteiger partial charge in [0, 0.05) is 18.7 Å². The number of nitrogens with two attached hydrogens (primary N) is 1. The van der Waals surface area contributed by atoms with E-state index in [1.54, 1.807) is 32.0 Å². The molecule has 5 heteroatoms. The Kier molecular flexibility index (Phi) is 2.83. The van der Waals surface area contributed by atoms with Gasteiger partial charge in [0.1, 0.15) is 6.42 Å². The first kappa shape index (κ1) is 11.6. The van der Waals surface area contributed by atoms with E-state index in [2.05, 4.69) is 0 Å². The predicted molar refractivity (Wildman–Crippen MR) is 61.8 cm³/mol. The molecule has 2 rings (SSSR count). The number of ether oxygens (including phenoxy) is 3. The van der Waals surface area contributed by atoms with Crippen LogP contribution in [0, 0.1) is 0 Å². The summed E-state index contributed by atoms with van der Waals surface area (Å²) in [6.07, 6.45) is 0.0371. The smallest absolute Gasteiger partial charge is 0.313 e. The van der Waals surface area contributed by atoms with Crippen molar-refractivity contribution in [2.24, 2.45) is 0 Å². The number of benzene rings is 1. The van der Waals surface area contributed by atoms with Crippen molar-refractivity contribution in [2.45, 2.75) is 26.1 Å². The van der Waals surface area contributed by atoms with Crippen molar-refractivity contribution in [3.63, 3.8) is 0 Å². The lowest BCUT2D eigenvalue weighted by molar-refractivity contribution is -0.155. The molecule has 92 valence electrons. The third kappa shape index (κ3) is 2.43. The minimum absolute atomic E-state index is 0.0371. The molecule has 0 aromatic heterocycles. The van der Waals surface area contributed by atoms with E-state index >= 15 is 0 Å². The lowest BCUT2D eigenvalue weighted by atomic mass is 10.2. The summed E-state index contributed by atoms with van der Waals surface area (Å²) in [6.45, 7) is 3.79. The first-order chi connectivity index (χ1) is 8.02. The predicted octanol–water partition coefficient (Wildman–Crippen LogP) is 1.71. The Morgan fingerprint density at radius 2 is 2.12 bits per heavy atom. The van der Waals surface area contributed by atoms with Gasteiger partial charge >= 0.3 is 5.97 Å². The Balaban J connectivity index is 2.10. The average Bonchev–Trinajstić information content (AvgIpc) is 2.53. The summed E-state index contributed by atoms with van der Waals surface area (Å²) in [4.78, 5) is 11.4. The van der Waals surface area contributed by atoms with Crippen LogP contribution in [0.5, 0.6) is 11.5 Å². The quantitative estimate of drug-likeness (QED) is 0.640. The minimum atomic E-state index is -1.01. The van der Waals surface area contributed by atoms with Gasteiger partial charge < -0.3 is 19.9 Å². The van der Waals surface area contributed by atoms with Gasteiger partial charge in [0.15, 0.2) is 11.5 Å². The zero-order chi connectivity index (χ0) is 12.5. The molecule has 0 saturated heterocycles. The number of carbonyl (C=O) groups is 1. The van der Waals surface area contributed by atoms with E-state index in [0.717, 1.165) is 0 Å². The van der Waals surface area contributed by atoms with Crippen LogP contribution in [-0.4, -0.2) is 18.4 Å². The second-order valence-electron chi connectivity index (χ2n) is 4.03. The first-order valence-electron chi connectivity index (χ1n) is 5.45. The van der Waals surface area contributed by atoms with Crippen molar-refractivity contribution in [2.75, 3.05) is 12.3 Å². The van der Waals surface area contributed by atoms with Crippen LogP contribution in [0.25, 0.3) is 0 Å². The van der Waals surface area contributed by atoms with Crippen molar-refractivity contribution in [3.05, 3.63) is 18.2 Å². The molecule has 0 spiro atoms. The second kappa shape index (κ2) is 4.16. The van der Waals surface area contributed by atoms with E-state index in [-0.39, 0.29) is 12.4 Å². The van der Waals surface area contributed by atoms with E-state index in [1.165, 1.54) is 0 Å². The lowest BCUT2D eigenvalue weighted by Gasteiger charge is -2.21. The summed E-state index contributed by atoms with van der Waals surface area (Å²) in [5.74, 6) is -0.221. The van der Waals surface area contributed by atoms with Gasteiger partial charge in [0.25, 0.3) is 5.79 Å². The number of anilines is 1. The van der Waals surface area contributed by atoms with Crippen LogP contribution < -0.4 is 15.2 Å². The number of fused-ring (bicyclic) bond motifs is 1. The molecule has 17 heavy (non-hydrogen) atoms. The number of hydrogen-bond donors (Lipinski definition) is 1. The molecular formula is C12H15NO4.